The van der Waals surface area contributed by atoms with Gasteiger partial charge in [0.2, 0.25) is 0 Å². The maximum absolute atomic E-state index is 9.39. The molecule has 3 heteroatoms. The summed E-state index contributed by atoms with van der Waals surface area (Å²) in [6, 6.07) is 5.26. The Labute approximate surface area is 108 Å². The van der Waals surface area contributed by atoms with Crippen LogP contribution in [0.4, 0.5) is 0 Å². The van der Waals surface area contributed by atoms with Gasteiger partial charge in [-0.25, -0.2) is 4.98 Å². The zero-order chi connectivity index (χ0) is 12.8. The molecule has 0 saturated heterocycles. The maximum atomic E-state index is 9.39. The molecule has 1 aromatic carbocycles. The Bertz CT molecular complexity index is 490. The van der Waals surface area contributed by atoms with E-state index in [1.807, 2.05) is 6.07 Å². The molecular formula is C15H22N2O. The zero-order valence-corrected chi connectivity index (χ0v) is 11.1. The Morgan fingerprint density at radius 1 is 1.11 bits per heavy atom. The molecule has 18 heavy (non-hydrogen) atoms. The molecule has 0 aliphatic carbocycles. The van der Waals surface area contributed by atoms with Crippen LogP contribution < -0.4 is 0 Å². The van der Waals surface area contributed by atoms with Gasteiger partial charge >= 0.3 is 0 Å². The number of aromatic hydroxyl groups is 1. The van der Waals surface area contributed by atoms with Gasteiger partial charge in [0.05, 0.1) is 11.0 Å². The number of hydrogen-bond donors (Lipinski definition) is 2. The number of benzene rings is 1. The van der Waals surface area contributed by atoms with Gasteiger partial charge in [-0.05, 0) is 18.6 Å². The van der Waals surface area contributed by atoms with Crippen LogP contribution in [0.25, 0.3) is 11.0 Å². The normalized spacial score (nSPS) is 11.2. The number of aromatic amines is 1. The van der Waals surface area contributed by atoms with Gasteiger partial charge in [-0.1, -0.05) is 39.0 Å². The van der Waals surface area contributed by atoms with Crippen molar-refractivity contribution in [2.75, 3.05) is 0 Å². The second-order valence-electron chi connectivity index (χ2n) is 4.90. The van der Waals surface area contributed by atoms with Crippen molar-refractivity contribution in [3.05, 3.63) is 24.0 Å². The van der Waals surface area contributed by atoms with Gasteiger partial charge in [-0.2, -0.15) is 0 Å². The average Bonchev–Trinajstić information content (AvgIpc) is 2.75. The van der Waals surface area contributed by atoms with Crippen molar-refractivity contribution < 1.29 is 5.11 Å². The number of imidazole rings is 1. The lowest BCUT2D eigenvalue weighted by Gasteiger charge is -1.98. The summed E-state index contributed by atoms with van der Waals surface area (Å²) in [7, 11) is 0. The second kappa shape index (κ2) is 6.43. The van der Waals surface area contributed by atoms with Crippen LogP contribution in [0.2, 0.25) is 0 Å². The van der Waals surface area contributed by atoms with E-state index >= 15 is 0 Å². The number of nitrogens with zero attached hydrogens (tertiary/aromatic N) is 1. The predicted molar refractivity (Wildman–Crippen MR) is 74.8 cm³/mol. The molecule has 0 saturated carbocycles. The molecule has 0 atom stereocenters. The van der Waals surface area contributed by atoms with E-state index < -0.39 is 0 Å². The summed E-state index contributed by atoms with van der Waals surface area (Å²) in [5, 5.41) is 9.39. The van der Waals surface area contributed by atoms with E-state index in [1.54, 1.807) is 12.1 Å². The van der Waals surface area contributed by atoms with Crippen LogP contribution in [-0.4, -0.2) is 15.1 Å². The van der Waals surface area contributed by atoms with E-state index in [1.165, 1.54) is 38.5 Å². The molecule has 0 bridgehead atoms. The summed E-state index contributed by atoms with van der Waals surface area (Å²) in [5.41, 5.74) is 1.87. The van der Waals surface area contributed by atoms with Crippen molar-refractivity contribution in [2.24, 2.45) is 0 Å². The molecular weight excluding hydrogens is 224 g/mol. The third-order valence-electron chi connectivity index (χ3n) is 3.28. The minimum atomic E-state index is 0.289. The van der Waals surface area contributed by atoms with E-state index in [2.05, 4.69) is 16.9 Å². The molecule has 0 aliphatic rings. The Morgan fingerprint density at radius 2 is 1.89 bits per heavy atom. The molecule has 1 aromatic heterocycles. The average molecular weight is 246 g/mol. The smallest absolute Gasteiger partial charge is 0.117 e. The minimum absolute atomic E-state index is 0.289. The number of phenols is 1. The third-order valence-corrected chi connectivity index (χ3v) is 3.28. The first kappa shape index (κ1) is 12.9. The van der Waals surface area contributed by atoms with Crippen molar-refractivity contribution in [3.63, 3.8) is 0 Å². The Hall–Kier alpha value is -1.51. The van der Waals surface area contributed by atoms with Crippen LogP contribution in [0.15, 0.2) is 18.2 Å². The molecule has 2 aromatic rings. The molecule has 3 nitrogen and oxygen atoms in total. The Morgan fingerprint density at radius 3 is 2.72 bits per heavy atom. The minimum Gasteiger partial charge on any atom is -0.508 e. The summed E-state index contributed by atoms with van der Waals surface area (Å²) < 4.78 is 0. The molecule has 2 N–H and O–H groups in total. The summed E-state index contributed by atoms with van der Waals surface area (Å²) >= 11 is 0. The fraction of sp³-hybridized carbons (Fsp3) is 0.533. The number of unbranched alkanes of at least 4 members (excludes halogenated alkanes) is 5. The number of rotatable bonds is 7. The number of phenolic OH excluding ortho intramolecular Hbond substituents is 1. The van der Waals surface area contributed by atoms with E-state index in [0.29, 0.717) is 0 Å². The summed E-state index contributed by atoms with van der Waals surface area (Å²) in [6.45, 7) is 2.24. The van der Waals surface area contributed by atoms with Crippen molar-refractivity contribution in [1.29, 1.82) is 0 Å². The highest BCUT2D eigenvalue weighted by molar-refractivity contribution is 5.76. The number of aromatic nitrogens is 2. The lowest BCUT2D eigenvalue weighted by Crippen LogP contribution is -1.88. The van der Waals surface area contributed by atoms with Crippen molar-refractivity contribution in [2.45, 2.75) is 51.9 Å². The van der Waals surface area contributed by atoms with Gasteiger partial charge in [0.25, 0.3) is 0 Å². The summed E-state index contributed by atoms with van der Waals surface area (Å²) in [4.78, 5) is 7.79. The SMILES string of the molecule is CCCCCCCCc1nc2ccc(O)cc2[nH]1. The number of H-pyrrole nitrogens is 1. The predicted octanol–water partition coefficient (Wildman–Crippen LogP) is 4.17. The molecule has 98 valence electrons. The fourth-order valence-electron chi connectivity index (χ4n) is 2.24. The Balaban J connectivity index is 1.81. The van der Waals surface area contributed by atoms with Crippen molar-refractivity contribution in [1.82, 2.24) is 9.97 Å². The lowest BCUT2D eigenvalue weighted by molar-refractivity contribution is 0.476. The number of hydrogen-bond acceptors (Lipinski definition) is 2. The largest absolute Gasteiger partial charge is 0.508 e. The number of fused-ring (bicyclic) bond motifs is 1. The van der Waals surface area contributed by atoms with Crippen LogP contribution in [0.1, 0.15) is 51.3 Å². The second-order valence-corrected chi connectivity index (χ2v) is 4.90. The van der Waals surface area contributed by atoms with Crippen LogP contribution in [-0.2, 0) is 6.42 Å². The van der Waals surface area contributed by atoms with Crippen LogP contribution in [0.5, 0.6) is 5.75 Å². The van der Waals surface area contributed by atoms with E-state index in [9.17, 15) is 5.11 Å². The first-order valence-electron chi connectivity index (χ1n) is 6.97. The topological polar surface area (TPSA) is 48.9 Å². The quantitative estimate of drug-likeness (QED) is 0.720. The highest BCUT2D eigenvalue weighted by Crippen LogP contribution is 2.18. The van der Waals surface area contributed by atoms with Crippen molar-refractivity contribution >= 4 is 11.0 Å². The molecule has 0 aliphatic heterocycles. The van der Waals surface area contributed by atoms with Gasteiger partial charge in [-0.15, -0.1) is 0 Å². The summed E-state index contributed by atoms with van der Waals surface area (Å²) in [5.74, 6) is 1.32. The van der Waals surface area contributed by atoms with Gasteiger partial charge < -0.3 is 10.1 Å². The van der Waals surface area contributed by atoms with Crippen molar-refractivity contribution in [3.8, 4) is 5.75 Å². The monoisotopic (exact) mass is 246 g/mol. The standard InChI is InChI=1S/C15H22N2O/c1-2-3-4-5-6-7-8-15-16-13-10-9-12(18)11-14(13)17-15/h9-11,18H,2-8H2,1H3,(H,16,17). The fourth-order valence-corrected chi connectivity index (χ4v) is 2.24. The number of nitrogens with one attached hydrogen (secondary N) is 1. The molecule has 1 heterocycles. The van der Waals surface area contributed by atoms with Gasteiger partial charge in [0, 0.05) is 12.5 Å². The van der Waals surface area contributed by atoms with Gasteiger partial charge in [0.1, 0.15) is 11.6 Å². The van der Waals surface area contributed by atoms with Crippen LogP contribution in [0, 0.1) is 0 Å². The van der Waals surface area contributed by atoms with Gasteiger partial charge in [0.15, 0.2) is 0 Å². The summed E-state index contributed by atoms with van der Waals surface area (Å²) in [6.07, 6.45) is 8.80. The molecule has 0 fully saturated rings. The first-order chi connectivity index (χ1) is 8.79. The first-order valence-corrected chi connectivity index (χ1v) is 6.97. The number of aryl methyl sites for hydroxylation is 1. The van der Waals surface area contributed by atoms with Crippen LogP contribution in [0.3, 0.4) is 0 Å². The van der Waals surface area contributed by atoms with Gasteiger partial charge in [-0.3, -0.25) is 0 Å². The highest BCUT2D eigenvalue weighted by Gasteiger charge is 2.03. The van der Waals surface area contributed by atoms with E-state index in [-0.39, 0.29) is 5.75 Å². The molecule has 0 radical (unpaired) electrons. The highest BCUT2D eigenvalue weighted by atomic mass is 16.3. The third kappa shape index (κ3) is 3.49. The van der Waals surface area contributed by atoms with E-state index in [4.69, 9.17) is 0 Å². The molecule has 0 unspecified atom stereocenters. The lowest BCUT2D eigenvalue weighted by atomic mass is 10.1. The maximum Gasteiger partial charge on any atom is 0.117 e. The molecule has 0 amide bonds. The molecule has 2 rings (SSSR count). The Kier molecular flexibility index (Phi) is 4.62. The molecule has 0 spiro atoms. The van der Waals surface area contributed by atoms with Crippen LogP contribution >= 0.6 is 0 Å². The zero-order valence-electron chi connectivity index (χ0n) is 11.1. The van der Waals surface area contributed by atoms with E-state index in [0.717, 1.165) is 23.3 Å².